The fourth-order valence-electron chi connectivity index (χ4n) is 2.87. The number of rotatable bonds is 3. The second-order valence-corrected chi connectivity index (χ2v) is 5.60. The van der Waals surface area contributed by atoms with Crippen LogP contribution in [0.1, 0.15) is 43.1 Å². The molecule has 1 saturated carbocycles. The van der Waals surface area contributed by atoms with E-state index in [0.717, 1.165) is 25.7 Å². The van der Waals surface area contributed by atoms with Gasteiger partial charge < -0.3 is 4.74 Å². The monoisotopic (exact) mass is 270 g/mol. The van der Waals surface area contributed by atoms with E-state index in [1.165, 1.54) is 10.9 Å². The van der Waals surface area contributed by atoms with Gasteiger partial charge in [0, 0.05) is 14.2 Å². The van der Waals surface area contributed by atoms with Gasteiger partial charge in [-0.3, -0.25) is 9.48 Å². The molecule has 0 radical (unpaired) electrons. The van der Waals surface area contributed by atoms with Gasteiger partial charge in [0.25, 0.3) is 0 Å². The van der Waals surface area contributed by atoms with Crippen LogP contribution in [0, 0.1) is 5.92 Å². The number of aryl methyl sites for hydroxylation is 1. The topological polar surface area (TPSA) is 44.1 Å². The molecule has 2 rings (SSSR count). The molecule has 0 aliphatic heterocycles. The summed E-state index contributed by atoms with van der Waals surface area (Å²) in [6.45, 7) is 2.16. The molecule has 0 bridgehead atoms. The molecule has 2 unspecified atom stereocenters. The van der Waals surface area contributed by atoms with Crippen LogP contribution >= 0.6 is 11.6 Å². The van der Waals surface area contributed by atoms with Gasteiger partial charge in [-0.05, 0) is 25.2 Å². The van der Waals surface area contributed by atoms with E-state index in [9.17, 15) is 4.79 Å². The number of hydrogen-bond acceptors (Lipinski definition) is 3. The summed E-state index contributed by atoms with van der Waals surface area (Å²) in [7, 11) is 3.34. The number of carbonyl (C=O) groups is 1. The van der Waals surface area contributed by atoms with Crippen LogP contribution in [0.25, 0.3) is 0 Å². The van der Waals surface area contributed by atoms with Crippen molar-refractivity contribution in [3.05, 3.63) is 16.9 Å². The summed E-state index contributed by atoms with van der Waals surface area (Å²) in [5.41, 5.74) is -0.276. The highest BCUT2D eigenvalue weighted by Crippen LogP contribution is 2.38. The van der Waals surface area contributed by atoms with Crippen molar-refractivity contribution in [2.75, 3.05) is 7.11 Å². The lowest BCUT2D eigenvalue weighted by Gasteiger charge is -2.37. The van der Waals surface area contributed by atoms with E-state index in [1.807, 2.05) is 0 Å². The van der Waals surface area contributed by atoms with Crippen molar-refractivity contribution >= 4 is 17.4 Å². The number of Topliss-reactive ketones (excluding diaryl/α,β-unsaturated/α-hetero) is 1. The molecule has 1 fully saturated rings. The molecule has 1 aromatic rings. The van der Waals surface area contributed by atoms with E-state index in [2.05, 4.69) is 12.0 Å². The van der Waals surface area contributed by atoms with Gasteiger partial charge in [0.2, 0.25) is 5.78 Å². The first-order valence-electron chi connectivity index (χ1n) is 6.27. The number of ketones is 1. The van der Waals surface area contributed by atoms with Gasteiger partial charge in [-0.25, -0.2) is 0 Å². The van der Waals surface area contributed by atoms with E-state index in [1.54, 1.807) is 14.2 Å². The summed E-state index contributed by atoms with van der Waals surface area (Å²) in [4.78, 5) is 12.7. The van der Waals surface area contributed by atoms with Crippen molar-refractivity contribution in [2.45, 2.75) is 38.2 Å². The quantitative estimate of drug-likeness (QED) is 0.794. The molecule has 0 aromatic carbocycles. The molecule has 1 aliphatic rings. The largest absolute Gasteiger partial charge is 0.370 e. The average molecular weight is 271 g/mol. The summed E-state index contributed by atoms with van der Waals surface area (Å²) >= 11 is 6.05. The Labute approximate surface area is 112 Å². The third-order valence-electron chi connectivity index (χ3n) is 3.87. The standard InChI is InChI=1S/C13H19ClN2O2/c1-9-5-4-6-13(7-9,18-3)12(17)11-10(14)8-15-16(11)2/h8-9H,4-7H2,1-3H3. The minimum Gasteiger partial charge on any atom is -0.370 e. The van der Waals surface area contributed by atoms with Gasteiger partial charge in [0.15, 0.2) is 0 Å². The van der Waals surface area contributed by atoms with Gasteiger partial charge >= 0.3 is 0 Å². The van der Waals surface area contributed by atoms with E-state index >= 15 is 0 Å². The molecule has 1 heterocycles. The molecule has 18 heavy (non-hydrogen) atoms. The summed E-state index contributed by atoms with van der Waals surface area (Å²) in [5.74, 6) is 0.455. The Morgan fingerprint density at radius 1 is 1.67 bits per heavy atom. The average Bonchev–Trinajstić information content (AvgIpc) is 2.68. The number of carbonyl (C=O) groups excluding carboxylic acids is 1. The van der Waals surface area contributed by atoms with Crippen molar-refractivity contribution in [1.29, 1.82) is 0 Å². The summed E-state index contributed by atoms with van der Waals surface area (Å²) in [5, 5.41) is 4.42. The first-order valence-corrected chi connectivity index (χ1v) is 6.65. The van der Waals surface area contributed by atoms with Gasteiger partial charge in [0.05, 0.1) is 11.2 Å². The maximum Gasteiger partial charge on any atom is 0.214 e. The Kier molecular flexibility index (Phi) is 3.78. The molecule has 5 heteroatoms. The van der Waals surface area contributed by atoms with Crippen molar-refractivity contribution in [3.63, 3.8) is 0 Å². The van der Waals surface area contributed by atoms with Gasteiger partial charge in [-0.15, -0.1) is 0 Å². The lowest BCUT2D eigenvalue weighted by Crippen LogP contribution is -2.45. The lowest BCUT2D eigenvalue weighted by atomic mass is 9.75. The van der Waals surface area contributed by atoms with E-state index in [-0.39, 0.29) is 5.78 Å². The van der Waals surface area contributed by atoms with Crippen molar-refractivity contribution in [1.82, 2.24) is 9.78 Å². The normalized spacial score (nSPS) is 28.3. The molecule has 1 aromatic heterocycles. The predicted molar refractivity (Wildman–Crippen MR) is 69.9 cm³/mol. The highest BCUT2D eigenvalue weighted by atomic mass is 35.5. The predicted octanol–water partition coefficient (Wildman–Crippen LogP) is 2.85. The highest BCUT2D eigenvalue weighted by Gasteiger charge is 2.44. The van der Waals surface area contributed by atoms with Crippen LogP contribution in [-0.4, -0.2) is 28.3 Å². The number of halogens is 1. The maximum atomic E-state index is 12.7. The smallest absolute Gasteiger partial charge is 0.214 e. The lowest BCUT2D eigenvalue weighted by molar-refractivity contribution is -0.0308. The van der Waals surface area contributed by atoms with Gasteiger partial charge in [-0.2, -0.15) is 5.10 Å². The molecule has 0 amide bonds. The third-order valence-corrected chi connectivity index (χ3v) is 4.15. The molecule has 0 N–H and O–H groups in total. The van der Waals surface area contributed by atoms with E-state index in [0.29, 0.717) is 16.6 Å². The second-order valence-electron chi connectivity index (χ2n) is 5.19. The number of aromatic nitrogens is 2. The van der Waals surface area contributed by atoms with Crippen LogP contribution in [0.4, 0.5) is 0 Å². The van der Waals surface area contributed by atoms with Gasteiger partial charge in [-0.1, -0.05) is 24.9 Å². The highest BCUT2D eigenvalue weighted by molar-refractivity contribution is 6.34. The van der Waals surface area contributed by atoms with Crippen LogP contribution in [-0.2, 0) is 11.8 Å². The van der Waals surface area contributed by atoms with Crippen LogP contribution in [0.5, 0.6) is 0 Å². The molecular formula is C13H19ClN2O2. The van der Waals surface area contributed by atoms with E-state index < -0.39 is 5.60 Å². The molecule has 100 valence electrons. The Morgan fingerprint density at radius 3 is 2.89 bits per heavy atom. The SMILES string of the molecule is COC1(C(=O)c2c(Cl)cnn2C)CCCC(C)C1. The maximum absolute atomic E-state index is 12.7. The number of ether oxygens (including phenoxy) is 1. The molecule has 2 atom stereocenters. The Bertz CT molecular complexity index is 438. The molecular weight excluding hydrogens is 252 g/mol. The summed E-state index contributed by atoms with van der Waals surface area (Å²) in [6.07, 6.45) is 5.18. The third kappa shape index (κ3) is 2.19. The Balaban J connectivity index is 2.36. The fraction of sp³-hybridized carbons (Fsp3) is 0.692. The van der Waals surface area contributed by atoms with Crippen LogP contribution < -0.4 is 0 Å². The zero-order valence-corrected chi connectivity index (χ0v) is 11.8. The number of nitrogens with zero attached hydrogens (tertiary/aromatic N) is 2. The minimum atomic E-state index is -0.727. The van der Waals surface area contributed by atoms with Crippen molar-refractivity contribution < 1.29 is 9.53 Å². The molecule has 1 aliphatic carbocycles. The van der Waals surface area contributed by atoms with Crippen LogP contribution in [0.2, 0.25) is 5.02 Å². The minimum absolute atomic E-state index is 0.0402. The molecule has 0 spiro atoms. The Morgan fingerprint density at radius 2 is 2.39 bits per heavy atom. The first-order chi connectivity index (χ1) is 8.50. The van der Waals surface area contributed by atoms with Gasteiger partial charge in [0.1, 0.15) is 11.3 Å². The zero-order valence-electron chi connectivity index (χ0n) is 11.1. The second kappa shape index (κ2) is 5.02. The first kappa shape index (κ1) is 13.6. The Hall–Kier alpha value is -0.870. The van der Waals surface area contributed by atoms with Crippen molar-refractivity contribution in [3.8, 4) is 0 Å². The van der Waals surface area contributed by atoms with Crippen LogP contribution in [0.15, 0.2) is 6.20 Å². The summed E-state index contributed by atoms with van der Waals surface area (Å²) < 4.78 is 7.13. The fourth-order valence-corrected chi connectivity index (χ4v) is 3.12. The van der Waals surface area contributed by atoms with E-state index in [4.69, 9.17) is 16.3 Å². The zero-order chi connectivity index (χ0) is 13.3. The summed E-state index contributed by atoms with van der Waals surface area (Å²) in [6, 6.07) is 0. The van der Waals surface area contributed by atoms with Crippen molar-refractivity contribution in [2.24, 2.45) is 13.0 Å². The number of methoxy groups -OCH3 is 1. The molecule has 4 nitrogen and oxygen atoms in total. The molecule has 0 saturated heterocycles. The van der Waals surface area contributed by atoms with Crippen LogP contribution in [0.3, 0.4) is 0 Å². The number of hydrogen-bond donors (Lipinski definition) is 0.